The summed E-state index contributed by atoms with van der Waals surface area (Å²) in [4.78, 5) is 6.16. The number of H-pyrrole nitrogens is 1. The van der Waals surface area contributed by atoms with Crippen LogP contribution in [-0.2, 0) is 13.0 Å². The predicted molar refractivity (Wildman–Crippen MR) is 89.7 cm³/mol. The number of rotatable bonds is 6. The van der Waals surface area contributed by atoms with Gasteiger partial charge in [-0.25, -0.2) is 0 Å². The Hall–Kier alpha value is -1.32. The van der Waals surface area contributed by atoms with Crippen molar-refractivity contribution >= 4 is 10.9 Å². The molecule has 2 aromatic rings. The number of aromatic amines is 1. The van der Waals surface area contributed by atoms with E-state index in [1.54, 1.807) is 0 Å². The van der Waals surface area contributed by atoms with Crippen LogP contribution in [0.25, 0.3) is 10.9 Å². The third-order valence-electron chi connectivity index (χ3n) is 4.70. The Bertz CT molecular complexity index is 581. The number of hydrogen-bond acceptors (Lipinski definition) is 2. The minimum Gasteiger partial charge on any atom is -0.361 e. The summed E-state index contributed by atoms with van der Waals surface area (Å²) < 4.78 is 0. The standard InChI is InChI=1S/C18H27N3/c1-3-10-21(16-8-9-19-12-16)13-15-11-20-18-14(4-2)6-5-7-17(15)18/h5-7,11,16,19-20H,3-4,8-10,12-13H2,1-2H3. The van der Waals surface area contributed by atoms with Crippen molar-refractivity contribution in [3.8, 4) is 0 Å². The zero-order valence-electron chi connectivity index (χ0n) is 13.3. The summed E-state index contributed by atoms with van der Waals surface area (Å²) in [5.41, 5.74) is 4.19. The van der Waals surface area contributed by atoms with E-state index in [1.165, 1.54) is 48.0 Å². The molecular weight excluding hydrogens is 258 g/mol. The van der Waals surface area contributed by atoms with Gasteiger partial charge < -0.3 is 10.3 Å². The van der Waals surface area contributed by atoms with Crippen LogP contribution in [0.4, 0.5) is 0 Å². The zero-order valence-corrected chi connectivity index (χ0v) is 13.3. The van der Waals surface area contributed by atoms with Crippen LogP contribution in [0.1, 0.15) is 37.8 Å². The molecule has 3 heteroatoms. The Morgan fingerprint density at radius 2 is 2.14 bits per heavy atom. The van der Waals surface area contributed by atoms with Gasteiger partial charge in [-0.05, 0) is 43.5 Å². The fourth-order valence-corrected chi connectivity index (χ4v) is 3.55. The van der Waals surface area contributed by atoms with Crippen molar-refractivity contribution in [3.05, 3.63) is 35.5 Å². The molecule has 0 bridgehead atoms. The first-order chi connectivity index (χ1) is 10.3. The molecule has 114 valence electrons. The highest BCUT2D eigenvalue weighted by Gasteiger charge is 2.22. The highest BCUT2D eigenvalue weighted by molar-refractivity contribution is 5.86. The molecule has 2 N–H and O–H groups in total. The molecule has 0 amide bonds. The summed E-state index contributed by atoms with van der Waals surface area (Å²) >= 11 is 0. The molecule has 1 aliphatic rings. The molecule has 0 radical (unpaired) electrons. The lowest BCUT2D eigenvalue weighted by Gasteiger charge is -2.27. The van der Waals surface area contributed by atoms with Gasteiger partial charge in [-0.1, -0.05) is 32.0 Å². The molecule has 1 unspecified atom stereocenters. The highest BCUT2D eigenvalue weighted by atomic mass is 15.2. The van der Waals surface area contributed by atoms with Crippen LogP contribution < -0.4 is 5.32 Å². The van der Waals surface area contributed by atoms with Crippen LogP contribution in [0.15, 0.2) is 24.4 Å². The van der Waals surface area contributed by atoms with E-state index in [9.17, 15) is 0 Å². The van der Waals surface area contributed by atoms with Gasteiger partial charge in [0.25, 0.3) is 0 Å². The van der Waals surface area contributed by atoms with Crippen molar-refractivity contribution in [2.24, 2.45) is 0 Å². The van der Waals surface area contributed by atoms with Crippen molar-refractivity contribution in [2.45, 2.75) is 45.7 Å². The van der Waals surface area contributed by atoms with Gasteiger partial charge in [0.15, 0.2) is 0 Å². The average molecular weight is 285 g/mol. The molecule has 1 aromatic carbocycles. The number of nitrogens with zero attached hydrogens (tertiary/aromatic N) is 1. The normalized spacial score (nSPS) is 18.9. The van der Waals surface area contributed by atoms with E-state index in [4.69, 9.17) is 0 Å². The van der Waals surface area contributed by atoms with E-state index in [-0.39, 0.29) is 0 Å². The lowest BCUT2D eigenvalue weighted by Crippen LogP contribution is -2.36. The molecule has 2 heterocycles. The van der Waals surface area contributed by atoms with Crippen molar-refractivity contribution < 1.29 is 0 Å². The second-order valence-corrected chi connectivity index (χ2v) is 6.12. The summed E-state index contributed by atoms with van der Waals surface area (Å²) in [6.45, 7) is 9.06. The molecule has 21 heavy (non-hydrogen) atoms. The van der Waals surface area contributed by atoms with Gasteiger partial charge in [0.2, 0.25) is 0 Å². The van der Waals surface area contributed by atoms with Gasteiger partial charge >= 0.3 is 0 Å². The van der Waals surface area contributed by atoms with Gasteiger partial charge in [-0.2, -0.15) is 0 Å². The second-order valence-electron chi connectivity index (χ2n) is 6.12. The molecule has 1 atom stereocenters. The number of benzene rings is 1. The Labute approximate surface area is 127 Å². The van der Waals surface area contributed by atoms with Crippen molar-refractivity contribution in [1.29, 1.82) is 0 Å². The van der Waals surface area contributed by atoms with E-state index in [0.717, 1.165) is 19.5 Å². The first-order valence-electron chi connectivity index (χ1n) is 8.36. The number of para-hydroxylation sites is 1. The fraction of sp³-hybridized carbons (Fsp3) is 0.556. The smallest absolute Gasteiger partial charge is 0.0489 e. The molecular formula is C18H27N3. The lowest BCUT2D eigenvalue weighted by molar-refractivity contribution is 0.200. The highest BCUT2D eigenvalue weighted by Crippen LogP contribution is 2.24. The summed E-state index contributed by atoms with van der Waals surface area (Å²) in [5, 5.41) is 4.90. The number of hydrogen-bond donors (Lipinski definition) is 2. The van der Waals surface area contributed by atoms with E-state index in [2.05, 4.69) is 53.4 Å². The number of aromatic nitrogens is 1. The topological polar surface area (TPSA) is 31.1 Å². The van der Waals surface area contributed by atoms with Crippen LogP contribution in [0.2, 0.25) is 0 Å². The number of fused-ring (bicyclic) bond motifs is 1. The molecule has 1 fully saturated rings. The maximum Gasteiger partial charge on any atom is 0.0489 e. The van der Waals surface area contributed by atoms with E-state index >= 15 is 0 Å². The third-order valence-corrected chi connectivity index (χ3v) is 4.70. The third kappa shape index (κ3) is 2.99. The van der Waals surface area contributed by atoms with Gasteiger partial charge in [0.1, 0.15) is 0 Å². The van der Waals surface area contributed by atoms with Crippen LogP contribution >= 0.6 is 0 Å². The van der Waals surface area contributed by atoms with E-state index < -0.39 is 0 Å². The van der Waals surface area contributed by atoms with Crippen molar-refractivity contribution in [2.75, 3.05) is 19.6 Å². The van der Waals surface area contributed by atoms with Crippen LogP contribution in [0.3, 0.4) is 0 Å². The van der Waals surface area contributed by atoms with Gasteiger partial charge in [0, 0.05) is 36.2 Å². The van der Waals surface area contributed by atoms with E-state index in [1.807, 2.05) is 0 Å². The monoisotopic (exact) mass is 285 g/mol. The first-order valence-corrected chi connectivity index (χ1v) is 8.36. The predicted octanol–water partition coefficient (Wildman–Crippen LogP) is 3.30. The Kier molecular flexibility index (Phi) is 4.61. The van der Waals surface area contributed by atoms with Crippen LogP contribution in [-0.4, -0.2) is 35.6 Å². The molecule has 3 nitrogen and oxygen atoms in total. The number of nitrogens with one attached hydrogen (secondary N) is 2. The SMILES string of the molecule is CCCN(Cc1c[nH]c2c(CC)cccc12)C1CCNC1. The van der Waals surface area contributed by atoms with Crippen molar-refractivity contribution in [1.82, 2.24) is 15.2 Å². The quantitative estimate of drug-likeness (QED) is 0.853. The van der Waals surface area contributed by atoms with Gasteiger partial charge in [-0.3, -0.25) is 4.90 Å². The summed E-state index contributed by atoms with van der Waals surface area (Å²) in [5.74, 6) is 0. The molecule has 1 aromatic heterocycles. The minimum atomic E-state index is 0.698. The maximum atomic E-state index is 3.50. The summed E-state index contributed by atoms with van der Waals surface area (Å²) in [7, 11) is 0. The molecule has 0 aliphatic carbocycles. The lowest BCUT2D eigenvalue weighted by atomic mass is 10.1. The average Bonchev–Trinajstić information content (AvgIpc) is 3.16. The maximum absolute atomic E-state index is 3.50. The Morgan fingerprint density at radius 1 is 1.24 bits per heavy atom. The van der Waals surface area contributed by atoms with Crippen LogP contribution in [0, 0.1) is 0 Å². The Morgan fingerprint density at radius 3 is 2.86 bits per heavy atom. The molecule has 3 rings (SSSR count). The molecule has 0 saturated carbocycles. The van der Waals surface area contributed by atoms with Crippen LogP contribution in [0.5, 0.6) is 0 Å². The fourth-order valence-electron chi connectivity index (χ4n) is 3.55. The Balaban J connectivity index is 1.85. The van der Waals surface area contributed by atoms with E-state index in [0.29, 0.717) is 6.04 Å². The first kappa shape index (κ1) is 14.6. The largest absolute Gasteiger partial charge is 0.361 e. The van der Waals surface area contributed by atoms with Crippen molar-refractivity contribution in [3.63, 3.8) is 0 Å². The number of aryl methyl sites for hydroxylation is 1. The zero-order chi connectivity index (χ0) is 14.7. The molecule has 1 saturated heterocycles. The summed E-state index contributed by atoms with van der Waals surface area (Å²) in [6, 6.07) is 7.38. The van der Waals surface area contributed by atoms with Gasteiger partial charge in [-0.15, -0.1) is 0 Å². The summed E-state index contributed by atoms with van der Waals surface area (Å²) in [6.07, 6.45) is 5.80. The van der Waals surface area contributed by atoms with Gasteiger partial charge in [0.05, 0.1) is 0 Å². The molecule has 1 aliphatic heterocycles. The molecule has 0 spiro atoms. The minimum absolute atomic E-state index is 0.698. The second kappa shape index (κ2) is 6.63.